The molecule has 6 aliphatic rings. The first-order valence-electron chi connectivity index (χ1n) is 49.5. The molecule has 40 heteroatoms. The number of rotatable bonds is 26. The lowest BCUT2D eigenvalue weighted by molar-refractivity contribution is 0.142. The number of aromatic amines is 4. The molecular formula is C105H126Cl4FN29O4S2. The van der Waals surface area contributed by atoms with Crippen LogP contribution >= 0.6 is 46.4 Å². The van der Waals surface area contributed by atoms with Crippen LogP contribution in [0.2, 0.25) is 20.1 Å². The maximum absolute atomic E-state index is 15.2. The van der Waals surface area contributed by atoms with E-state index in [-0.39, 0.29) is 30.0 Å². The summed E-state index contributed by atoms with van der Waals surface area (Å²) in [7, 11) is -5.71. The van der Waals surface area contributed by atoms with Gasteiger partial charge in [0.15, 0.2) is 56.4 Å². The molecule has 1 atom stereocenters. The summed E-state index contributed by atoms with van der Waals surface area (Å²) >= 11 is 25.2. The van der Waals surface area contributed by atoms with Crippen molar-refractivity contribution in [2.75, 3.05) is 113 Å². The van der Waals surface area contributed by atoms with Crippen molar-refractivity contribution in [2.24, 2.45) is 0 Å². The van der Waals surface area contributed by atoms with Crippen molar-refractivity contribution in [3.05, 3.63) is 279 Å². The van der Waals surface area contributed by atoms with Crippen molar-refractivity contribution in [3.63, 3.8) is 0 Å². The van der Waals surface area contributed by atoms with E-state index in [1.54, 1.807) is 24.7 Å². The van der Waals surface area contributed by atoms with Crippen LogP contribution in [0.4, 0.5) is 85.8 Å². The number of benzene rings is 4. The molecule has 762 valence electrons. The Morgan fingerprint density at radius 1 is 0.366 bits per heavy atom. The Hall–Kier alpha value is -12.2. The van der Waals surface area contributed by atoms with Crippen LogP contribution in [0, 0.1) is 82.0 Å². The summed E-state index contributed by atoms with van der Waals surface area (Å²) < 4.78 is 62.5. The monoisotopic (exact) mass is 2080 g/mol. The molecule has 20 rings (SSSR count). The normalized spacial score (nSPS) is 17.3. The van der Waals surface area contributed by atoms with E-state index in [1.165, 1.54) is 56.3 Å². The van der Waals surface area contributed by atoms with E-state index in [2.05, 4.69) is 244 Å². The van der Waals surface area contributed by atoms with Gasteiger partial charge in [0.25, 0.3) is 0 Å². The molecule has 0 saturated carbocycles. The van der Waals surface area contributed by atoms with Gasteiger partial charge in [-0.25, -0.2) is 46.1 Å². The van der Waals surface area contributed by atoms with Crippen LogP contribution in [-0.2, 0) is 39.2 Å². The Balaban J connectivity index is 0.000000132. The number of halogens is 5. The van der Waals surface area contributed by atoms with Gasteiger partial charge in [-0.1, -0.05) is 82.8 Å². The van der Waals surface area contributed by atoms with Crippen LogP contribution in [0.25, 0.3) is 0 Å². The largest absolute Gasteiger partial charge is 0.324 e. The average Bonchev–Trinajstić information content (AvgIpc) is 1.31. The zero-order valence-electron chi connectivity index (χ0n) is 83.6. The van der Waals surface area contributed by atoms with Gasteiger partial charge in [0, 0.05) is 114 Å². The smallest absolute Gasteiger partial charge is 0.229 e. The molecule has 0 bridgehead atoms. The van der Waals surface area contributed by atoms with Gasteiger partial charge in [0.1, 0.15) is 41.6 Å². The van der Waals surface area contributed by atoms with Crippen LogP contribution < -0.4 is 37.2 Å². The van der Waals surface area contributed by atoms with Crippen molar-refractivity contribution < 1.29 is 21.2 Å². The third kappa shape index (κ3) is 27.8. The lowest BCUT2D eigenvalue weighted by Gasteiger charge is -2.39. The number of H-pyrrole nitrogens is 4. The first-order chi connectivity index (χ1) is 69.7. The van der Waals surface area contributed by atoms with E-state index < -0.39 is 19.7 Å². The molecule has 0 aliphatic carbocycles. The SMILES string of the molecule is Cc1cc(Nc2nc(Cc3cc(C)c(C4CCN(C5CCS(=O)(=O)C5)CC4)cc3F)ncc2Cl)n[nH]1.Cc1cc(Nc2nc(Nc3cc(C)c(C4CCN(C5CCS(=O)(=O)CC5)CC4)cc3C)ncc2Cl)n[nH]1.Cc1cc(Nc2nc(Nc3cc(C)c(C4CCN(Cc5ccccn5)CC4)cc3C)ncc2Cl)n[nH]1.Cc1cc(Nc2nc(Nc3cc(C)c(C4CCN(Cc5cccnc5)CC4)cc3C)ncc2Cl)n[nH]1. The Bertz CT molecular complexity index is 6870. The number of nitrogens with one attached hydrogen (secondary N) is 11. The summed E-state index contributed by atoms with van der Waals surface area (Å²) in [5.41, 5.74) is 23.3. The number of hydrogen-bond acceptors (Lipinski definition) is 29. The Morgan fingerprint density at radius 3 is 1.12 bits per heavy atom. The second-order valence-electron chi connectivity index (χ2n) is 39.2. The Labute approximate surface area is 866 Å². The molecule has 6 aliphatic heterocycles. The number of nitrogens with zero attached hydrogens (tertiary/aromatic N) is 18. The number of aromatic nitrogens is 18. The number of sulfone groups is 2. The molecule has 4 aromatic carbocycles. The van der Waals surface area contributed by atoms with Crippen molar-refractivity contribution in [1.29, 1.82) is 0 Å². The van der Waals surface area contributed by atoms with Gasteiger partial charge in [-0.05, 0) is 338 Å². The zero-order valence-corrected chi connectivity index (χ0v) is 88.3. The highest BCUT2D eigenvalue weighted by atomic mass is 35.5. The summed E-state index contributed by atoms with van der Waals surface area (Å²) in [6, 6.07) is 35.4. The van der Waals surface area contributed by atoms with Gasteiger partial charge < -0.3 is 42.1 Å². The molecule has 0 amide bonds. The third-order valence-electron chi connectivity index (χ3n) is 28.2. The lowest BCUT2D eigenvalue weighted by Crippen LogP contribution is -2.45. The number of anilines is 14. The van der Waals surface area contributed by atoms with E-state index in [9.17, 15) is 16.8 Å². The van der Waals surface area contributed by atoms with E-state index in [1.807, 2.05) is 95.7 Å². The van der Waals surface area contributed by atoms with Crippen molar-refractivity contribution in [3.8, 4) is 0 Å². The van der Waals surface area contributed by atoms with Crippen LogP contribution in [0.15, 0.2) is 147 Å². The van der Waals surface area contributed by atoms with E-state index in [0.29, 0.717) is 137 Å². The van der Waals surface area contributed by atoms with Gasteiger partial charge in [-0.3, -0.25) is 45.1 Å². The Morgan fingerprint density at radius 2 is 0.738 bits per heavy atom. The first-order valence-corrected chi connectivity index (χ1v) is 54.7. The quantitative estimate of drug-likeness (QED) is 0.0240. The van der Waals surface area contributed by atoms with Crippen LogP contribution in [0.1, 0.15) is 201 Å². The Kier molecular flexibility index (Phi) is 33.8. The van der Waals surface area contributed by atoms with Crippen molar-refractivity contribution >= 4 is 148 Å². The number of piperidine rings is 4. The van der Waals surface area contributed by atoms with Crippen molar-refractivity contribution in [1.82, 2.24) is 110 Å². The molecular weight excluding hydrogens is 1960 g/mol. The highest BCUT2D eigenvalue weighted by molar-refractivity contribution is 7.91. The molecule has 1 unspecified atom stereocenters. The molecule has 11 N–H and O–H groups in total. The number of pyridine rings is 2. The summed E-state index contributed by atoms with van der Waals surface area (Å²) in [6.45, 7) is 32.6. The molecule has 0 radical (unpaired) electrons. The van der Waals surface area contributed by atoms with Gasteiger partial charge in [0.05, 0.1) is 53.5 Å². The number of aryl methyl sites for hydroxylation is 11. The standard InChI is InChI=1S/2C27H31ClN8.C26H34ClN7O2S.C25H30ClFN6O2S/c1-17-12-24(31-27-30-15-23(28)26(33-27)32-25-13-19(3)34-35-25)18(2)11-22(17)21-6-9-36(10-7-21)16-20-5-4-8-29-14-20;1-17-13-24(31-27-30-15-23(28)26(33-27)32-25-14-19(3)34-35-25)18(2)12-22(17)20-7-10-36(11-8-20)16-21-6-4-5-9-29-21;1-16-13-23(29-26-28-15-22(27)25(31-26)30-24-14-18(3)32-33-24)17(2)12-21(16)19-4-8-34(9-5-19)20-6-10-37(35,36)11-7-20;1-15-9-18(11-23-28-13-21(26)25(29-23)30-24-10-16(2)31-32-24)22(27)12-20(15)17-3-6-33(7-4-17)19-5-8-36(34,35)14-19/h4-5,8,11-15,21H,6-7,9-10,16H2,1-3H3,(H3,30,31,32,33,34,35);4-6,9,12-15,20H,7-8,10-11,16H2,1-3H3,(H3,30,31,32,33,34,35);12-15,19-20H,4-11H2,1-3H3,(H3,28,29,30,31,32,33);9-10,12-13,17,19H,3-8,11,14H2,1-2H3,(H2,28,29,30,31,32). The molecule has 6 fully saturated rings. The number of likely N-dealkylation sites (tertiary alicyclic amines) is 4. The fourth-order valence-electron chi connectivity index (χ4n) is 20.4. The highest BCUT2D eigenvalue weighted by Crippen LogP contribution is 2.42. The third-order valence-corrected chi connectivity index (χ3v) is 32.8. The second kappa shape index (κ2) is 47.1. The molecule has 6 saturated heterocycles. The molecule has 33 nitrogen and oxygen atoms in total. The fraction of sp³-hybridized carbons (Fsp3) is 0.410. The minimum absolute atomic E-state index is 0.131. The maximum atomic E-state index is 15.2. The molecule has 16 heterocycles. The summed E-state index contributed by atoms with van der Waals surface area (Å²) in [6.07, 6.45) is 23.1. The van der Waals surface area contributed by atoms with E-state index >= 15 is 4.39 Å². The van der Waals surface area contributed by atoms with Crippen LogP contribution in [-0.4, -0.2) is 215 Å². The van der Waals surface area contributed by atoms with E-state index in [4.69, 9.17) is 46.4 Å². The molecule has 14 aromatic rings. The summed E-state index contributed by atoms with van der Waals surface area (Å²) in [5.74, 6) is 9.20. The van der Waals surface area contributed by atoms with Gasteiger partial charge in [-0.15, -0.1) is 0 Å². The maximum Gasteiger partial charge on any atom is 0.229 e. The second-order valence-corrected chi connectivity index (χ2v) is 45.3. The summed E-state index contributed by atoms with van der Waals surface area (Å²) in [4.78, 5) is 54.1. The van der Waals surface area contributed by atoms with Gasteiger partial charge in [-0.2, -0.15) is 35.3 Å². The topological polar surface area (TPSA) is 409 Å². The van der Waals surface area contributed by atoms with Crippen LogP contribution in [0.5, 0.6) is 0 Å². The van der Waals surface area contributed by atoms with Gasteiger partial charge >= 0.3 is 0 Å². The summed E-state index contributed by atoms with van der Waals surface area (Å²) in [5, 5.41) is 52.4. The van der Waals surface area contributed by atoms with Gasteiger partial charge in [0.2, 0.25) is 17.8 Å². The number of hydrogen-bond donors (Lipinski definition) is 11. The highest BCUT2D eigenvalue weighted by Gasteiger charge is 2.37. The minimum Gasteiger partial charge on any atom is -0.324 e. The molecule has 0 spiro atoms. The van der Waals surface area contributed by atoms with Crippen LogP contribution in [0.3, 0.4) is 0 Å². The molecule has 10 aromatic heterocycles. The zero-order chi connectivity index (χ0) is 102. The van der Waals surface area contributed by atoms with Crippen molar-refractivity contribution in [2.45, 2.75) is 202 Å². The first kappa shape index (κ1) is 104. The predicted molar refractivity (Wildman–Crippen MR) is 575 cm³/mol. The molecule has 145 heavy (non-hydrogen) atoms. The van der Waals surface area contributed by atoms with E-state index in [0.717, 1.165) is 198 Å². The average molecular weight is 2080 g/mol. The fourth-order valence-corrected chi connectivity index (χ4v) is 24.2. The predicted octanol–water partition coefficient (Wildman–Crippen LogP) is 21.4. The minimum atomic E-state index is -2.89. The lowest BCUT2D eigenvalue weighted by atomic mass is 9.85.